The van der Waals surface area contributed by atoms with Crippen LogP contribution in [0.5, 0.6) is 0 Å². The fourth-order valence-corrected chi connectivity index (χ4v) is 2.40. The maximum absolute atomic E-state index is 11.8. The first-order chi connectivity index (χ1) is 7.10. The molecule has 1 aliphatic heterocycles. The Balaban J connectivity index is 2.03. The largest absolute Gasteiger partial charge is 0.379 e. The minimum Gasteiger partial charge on any atom is -0.379 e. The first kappa shape index (κ1) is 11.0. The van der Waals surface area contributed by atoms with Gasteiger partial charge in [0.2, 0.25) is 5.91 Å². The van der Waals surface area contributed by atoms with Crippen molar-refractivity contribution >= 4 is 38.3 Å². The van der Waals surface area contributed by atoms with Crippen molar-refractivity contribution in [2.75, 3.05) is 18.5 Å². The van der Waals surface area contributed by atoms with Crippen molar-refractivity contribution in [3.63, 3.8) is 0 Å². The van der Waals surface area contributed by atoms with Crippen LogP contribution in [0.15, 0.2) is 9.98 Å². The molecule has 1 saturated heterocycles. The monoisotopic (exact) mass is 291 g/mol. The average Bonchev–Trinajstić information content (AvgIpc) is 2.76. The van der Waals surface area contributed by atoms with E-state index in [0.717, 1.165) is 3.79 Å². The summed E-state index contributed by atoms with van der Waals surface area (Å²) in [5, 5.41) is 3.22. The zero-order valence-electron chi connectivity index (χ0n) is 7.83. The van der Waals surface area contributed by atoms with Gasteiger partial charge < -0.3 is 15.8 Å². The second-order valence-electron chi connectivity index (χ2n) is 3.38. The van der Waals surface area contributed by atoms with Crippen LogP contribution in [0.4, 0.5) is 5.13 Å². The van der Waals surface area contributed by atoms with Crippen molar-refractivity contribution < 1.29 is 9.53 Å². The van der Waals surface area contributed by atoms with Gasteiger partial charge in [0.05, 0.1) is 16.6 Å². The topological polar surface area (TPSA) is 77.2 Å². The van der Waals surface area contributed by atoms with Crippen molar-refractivity contribution in [3.8, 4) is 0 Å². The summed E-state index contributed by atoms with van der Waals surface area (Å²) < 4.78 is 5.98. The van der Waals surface area contributed by atoms with E-state index in [1.54, 1.807) is 6.20 Å². The number of ether oxygens (including phenoxy) is 1. The van der Waals surface area contributed by atoms with Crippen molar-refractivity contribution in [3.05, 3.63) is 9.98 Å². The number of nitrogens with two attached hydrogens (primary N) is 1. The van der Waals surface area contributed by atoms with E-state index >= 15 is 0 Å². The van der Waals surface area contributed by atoms with Gasteiger partial charge in [0.1, 0.15) is 5.54 Å². The Bertz CT molecular complexity index is 376. The quantitative estimate of drug-likeness (QED) is 0.851. The Labute approximate surface area is 99.1 Å². The van der Waals surface area contributed by atoms with E-state index < -0.39 is 5.54 Å². The molecule has 3 N–H and O–H groups in total. The van der Waals surface area contributed by atoms with Crippen molar-refractivity contribution in [1.82, 2.24) is 4.98 Å². The Hall–Kier alpha value is -0.500. The molecule has 7 heteroatoms. The van der Waals surface area contributed by atoms with Crippen LogP contribution in [0.3, 0.4) is 0 Å². The molecule has 1 fully saturated rings. The molecule has 0 bridgehead atoms. The Morgan fingerprint density at radius 3 is 3.13 bits per heavy atom. The van der Waals surface area contributed by atoms with Gasteiger partial charge in [0, 0.05) is 6.61 Å². The zero-order valence-corrected chi connectivity index (χ0v) is 10.2. The van der Waals surface area contributed by atoms with E-state index in [0.29, 0.717) is 18.2 Å². The molecule has 2 heterocycles. The lowest BCUT2D eigenvalue weighted by atomic mass is 10.00. The van der Waals surface area contributed by atoms with Crippen LogP contribution >= 0.6 is 27.3 Å². The van der Waals surface area contributed by atoms with E-state index in [9.17, 15) is 4.79 Å². The van der Waals surface area contributed by atoms with Gasteiger partial charge >= 0.3 is 0 Å². The van der Waals surface area contributed by atoms with Crippen molar-refractivity contribution in [1.29, 1.82) is 0 Å². The number of rotatable bonds is 2. The lowest BCUT2D eigenvalue weighted by Crippen LogP contribution is -2.51. The van der Waals surface area contributed by atoms with Crippen LogP contribution in [0, 0.1) is 0 Å². The second kappa shape index (κ2) is 4.17. The van der Waals surface area contributed by atoms with Gasteiger partial charge in [-0.2, -0.15) is 0 Å². The number of amides is 1. The number of carbonyl (C=O) groups is 1. The van der Waals surface area contributed by atoms with Crippen LogP contribution < -0.4 is 11.1 Å². The molecule has 1 aromatic rings. The highest BCUT2D eigenvalue weighted by atomic mass is 79.9. The highest BCUT2D eigenvalue weighted by molar-refractivity contribution is 9.11. The van der Waals surface area contributed by atoms with Gasteiger partial charge in [0.15, 0.2) is 5.13 Å². The molecule has 2 rings (SSSR count). The Morgan fingerprint density at radius 1 is 1.80 bits per heavy atom. The molecule has 1 aromatic heterocycles. The predicted octanol–water partition coefficient (Wildman–Crippen LogP) is 0.962. The number of thiazole rings is 1. The van der Waals surface area contributed by atoms with E-state index in [-0.39, 0.29) is 12.5 Å². The van der Waals surface area contributed by atoms with Gasteiger partial charge in [0.25, 0.3) is 0 Å². The molecular formula is C8H10BrN3O2S. The summed E-state index contributed by atoms with van der Waals surface area (Å²) >= 11 is 4.62. The summed E-state index contributed by atoms with van der Waals surface area (Å²) in [5.41, 5.74) is 4.98. The van der Waals surface area contributed by atoms with Crippen LogP contribution in [0.1, 0.15) is 6.42 Å². The normalized spacial score (nSPS) is 25.5. The number of nitrogens with zero attached hydrogens (tertiary/aromatic N) is 1. The smallest absolute Gasteiger partial charge is 0.248 e. The molecule has 0 radical (unpaired) electrons. The summed E-state index contributed by atoms with van der Waals surface area (Å²) in [6.45, 7) is 0.802. The van der Waals surface area contributed by atoms with Gasteiger partial charge in [-0.15, -0.1) is 0 Å². The van der Waals surface area contributed by atoms with Crippen LogP contribution in [0.2, 0.25) is 0 Å². The summed E-state index contributed by atoms with van der Waals surface area (Å²) in [5.74, 6) is -0.234. The molecule has 1 unspecified atom stereocenters. The maximum Gasteiger partial charge on any atom is 0.248 e. The molecule has 1 amide bonds. The van der Waals surface area contributed by atoms with Gasteiger partial charge in [-0.3, -0.25) is 4.79 Å². The SMILES string of the molecule is NC1(C(=O)Nc2ncc(Br)s2)CCOC1. The van der Waals surface area contributed by atoms with Crippen LogP contribution in [-0.4, -0.2) is 29.6 Å². The molecule has 0 aromatic carbocycles. The summed E-state index contributed by atoms with van der Waals surface area (Å²) in [6, 6.07) is 0. The molecular weight excluding hydrogens is 282 g/mol. The minimum absolute atomic E-state index is 0.234. The minimum atomic E-state index is -0.905. The molecule has 0 saturated carbocycles. The van der Waals surface area contributed by atoms with Crippen LogP contribution in [0.25, 0.3) is 0 Å². The Morgan fingerprint density at radius 2 is 2.60 bits per heavy atom. The van der Waals surface area contributed by atoms with Gasteiger partial charge in [-0.05, 0) is 22.4 Å². The highest BCUT2D eigenvalue weighted by Crippen LogP contribution is 2.25. The number of halogens is 1. The zero-order chi connectivity index (χ0) is 10.9. The fraction of sp³-hybridized carbons (Fsp3) is 0.500. The first-order valence-electron chi connectivity index (χ1n) is 4.39. The average molecular weight is 292 g/mol. The van der Waals surface area contributed by atoms with Crippen LogP contribution in [-0.2, 0) is 9.53 Å². The fourth-order valence-electron chi connectivity index (χ4n) is 1.29. The number of aromatic nitrogens is 1. The number of hydrogen-bond acceptors (Lipinski definition) is 5. The van der Waals surface area contributed by atoms with Crippen molar-refractivity contribution in [2.45, 2.75) is 12.0 Å². The third-order valence-corrected chi connectivity index (χ3v) is 3.59. The maximum atomic E-state index is 11.8. The second-order valence-corrected chi connectivity index (χ2v) is 5.79. The molecule has 5 nitrogen and oxygen atoms in total. The molecule has 0 aliphatic carbocycles. The third-order valence-electron chi connectivity index (χ3n) is 2.20. The molecule has 15 heavy (non-hydrogen) atoms. The standard InChI is InChI=1S/C8H10BrN3O2S/c9-5-3-11-7(15-5)12-6(13)8(10)1-2-14-4-8/h3H,1-2,4,10H2,(H,11,12,13). The first-order valence-corrected chi connectivity index (χ1v) is 6.00. The molecule has 0 spiro atoms. The van der Waals surface area contributed by atoms with E-state index in [2.05, 4.69) is 26.2 Å². The Kier molecular flexibility index (Phi) is 3.06. The third kappa shape index (κ3) is 2.36. The number of carbonyl (C=O) groups excluding carboxylic acids is 1. The lowest BCUT2D eigenvalue weighted by Gasteiger charge is -2.19. The summed E-state index contributed by atoms with van der Waals surface area (Å²) in [4.78, 5) is 15.8. The number of hydrogen-bond donors (Lipinski definition) is 2. The summed E-state index contributed by atoms with van der Waals surface area (Å²) in [6.07, 6.45) is 2.18. The van der Waals surface area contributed by atoms with E-state index in [4.69, 9.17) is 10.5 Å². The highest BCUT2D eigenvalue weighted by Gasteiger charge is 2.38. The lowest BCUT2D eigenvalue weighted by molar-refractivity contribution is -0.121. The molecule has 82 valence electrons. The molecule has 1 atom stereocenters. The van der Waals surface area contributed by atoms with Gasteiger partial charge in [-0.1, -0.05) is 11.3 Å². The number of anilines is 1. The van der Waals surface area contributed by atoms with E-state index in [1.807, 2.05) is 0 Å². The van der Waals surface area contributed by atoms with Gasteiger partial charge in [-0.25, -0.2) is 4.98 Å². The summed E-state index contributed by atoms with van der Waals surface area (Å²) in [7, 11) is 0. The predicted molar refractivity (Wildman–Crippen MR) is 60.8 cm³/mol. The number of nitrogens with one attached hydrogen (secondary N) is 1. The van der Waals surface area contributed by atoms with E-state index in [1.165, 1.54) is 11.3 Å². The molecule has 1 aliphatic rings. The van der Waals surface area contributed by atoms with Crippen molar-refractivity contribution in [2.24, 2.45) is 5.73 Å².